The second-order valence-corrected chi connectivity index (χ2v) is 5.70. The van der Waals surface area contributed by atoms with Gasteiger partial charge in [-0.1, -0.05) is 0 Å². The van der Waals surface area contributed by atoms with Crippen molar-refractivity contribution in [3.63, 3.8) is 0 Å². The van der Waals surface area contributed by atoms with Crippen LogP contribution in [0.4, 0.5) is 4.79 Å². The number of urea groups is 1. The van der Waals surface area contributed by atoms with Gasteiger partial charge in [-0.3, -0.25) is 9.59 Å². The zero-order valence-electron chi connectivity index (χ0n) is 10.5. The van der Waals surface area contributed by atoms with E-state index in [2.05, 4.69) is 5.32 Å². The molecule has 1 atom stereocenters. The Balaban J connectivity index is 2.07. The predicted molar refractivity (Wildman–Crippen MR) is 70.1 cm³/mol. The minimum Gasteiger partial charge on any atom is -0.481 e. The van der Waals surface area contributed by atoms with Gasteiger partial charge >= 0.3 is 12.0 Å². The number of carbonyl (C=O) groups excluding carboxylic acids is 2. The highest BCUT2D eigenvalue weighted by Crippen LogP contribution is 2.16. The molecule has 2 saturated heterocycles. The normalized spacial score (nSPS) is 24.0. The zero-order chi connectivity index (χ0) is 13.8. The molecule has 2 rings (SSSR count). The van der Waals surface area contributed by atoms with Crippen LogP contribution < -0.4 is 5.32 Å². The highest BCUT2D eigenvalue weighted by atomic mass is 32.2. The van der Waals surface area contributed by atoms with Gasteiger partial charge in [-0.25, -0.2) is 4.79 Å². The van der Waals surface area contributed by atoms with E-state index in [4.69, 9.17) is 5.11 Å². The first-order chi connectivity index (χ1) is 9.09. The van der Waals surface area contributed by atoms with Crippen LogP contribution in [0.2, 0.25) is 0 Å². The van der Waals surface area contributed by atoms with E-state index < -0.39 is 12.0 Å². The molecule has 3 amide bonds. The van der Waals surface area contributed by atoms with Crippen LogP contribution in [-0.4, -0.2) is 76.5 Å². The molecular formula is C11H17N3O4S. The van der Waals surface area contributed by atoms with Crippen LogP contribution in [0.15, 0.2) is 0 Å². The summed E-state index contributed by atoms with van der Waals surface area (Å²) in [5, 5.41) is 11.5. The fourth-order valence-electron chi connectivity index (χ4n) is 2.25. The molecule has 0 bridgehead atoms. The minimum atomic E-state index is -1.07. The minimum absolute atomic E-state index is 0.221. The molecule has 1 unspecified atom stereocenters. The van der Waals surface area contributed by atoms with E-state index in [1.807, 2.05) is 0 Å². The van der Waals surface area contributed by atoms with Crippen molar-refractivity contribution < 1.29 is 19.5 Å². The third-order valence-corrected chi connectivity index (χ3v) is 4.17. The third kappa shape index (κ3) is 3.31. The van der Waals surface area contributed by atoms with Crippen molar-refractivity contribution in [3.8, 4) is 0 Å². The standard InChI is InChI=1S/C11H17N3O4S/c15-9(16)7-8-10(17)12-1-2-14(8)11(18)13-3-5-19-6-4-13/h8H,1-7H2,(H,12,17)(H,15,16). The van der Waals surface area contributed by atoms with Crippen molar-refractivity contribution in [1.82, 2.24) is 15.1 Å². The Morgan fingerprint density at radius 3 is 2.63 bits per heavy atom. The Bertz CT molecular complexity index is 384. The first kappa shape index (κ1) is 14.0. The number of carbonyl (C=O) groups is 3. The summed E-state index contributed by atoms with van der Waals surface area (Å²) in [4.78, 5) is 38.0. The molecule has 0 saturated carbocycles. The fraction of sp³-hybridized carbons (Fsp3) is 0.727. The molecular weight excluding hydrogens is 270 g/mol. The number of carboxylic acids is 1. The van der Waals surface area contributed by atoms with Gasteiger partial charge in [0.25, 0.3) is 0 Å². The summed E-state index contributed by atoms with van der Waals surface area (Å²) in [6.07, 6.45) is -0.347. The van der Waals surface area contributed by atoms with Crippen LogP contribution in [0, 0.1) is 0 Å². The van der Waals surface area contributed by atoms with Crippen LogP contribution in [0.3, 0.4) is 0 Å². The SMILES string of the molecule is O=C(O)CC1C(=O)NCCN1C(=O)N1CCSCC1. The first-order valence-corrected chi connectivity index (χ1v) is 7.38. The van der Waals surface area contributed by atoms with Gasteiger partial charge in [0.1, 0.15) is 6.04 Å². The maximum Gasteiger partial charge on any atom is 0.320 e. The molecule has 106 valence electrons. The number of piperazine rings is 1. The van der Waals surface area contributed by atoms with Gasteiger partial charge in [0.05, 0.1) is 6.42 Å². The average molecular weight is 287 g/mol. The van der Waals surface area contributed by atoms with Gasteiger partial charge in [0.15, 0.2) is 0 Å². The van der Waals surface area contributed by atoms with Crippen molar-refractivity contribution in [3.05, 3.63) is 0 Å². The molecule has 0 aliphatic carbocycles. The number of rotatable bonds is 2. The van der Waals surface area contributed by atoms with E-state index in [0.717, 1.165) is 11.5 Å². The average Bonchev–Trinajstić information content (AvgIpc) is 2.41. The molecule has 7 nitrogen and oxygen atoms in total. The number of carboxylic acid groups (broad SMARTS) is 1. The molecule has 8 heteroatoms. The quantitative estimate of drug-likeness (QED) is 0.710. The van der Waals surface area contributed by atoms with Crippen LogP contribution in [0.1, 0.15) is 6.42 Å². The van der Waals surface area contributed by atoms with E-state index in [1.165, 1.54) is 4.90 Å². The van der Waals surface area contributed by atoms with Gasteiger partial charge in [-0.05, 0) is 0 Å². The van der Waals surface area contributed by atoms with E-state index >= 15 is 0 Å². The smallest absolute Gasteiger partial charge is 0.320 e. The zero-order valence-corrected chi connectivity index (χ0v) is 11.3. The number of thioether (sulfide) groups is 1. The lowest BCUT2D eigenvalue weighted by atomic mass is 10.1. The van der Waals surface area contributed by atoms with Crippen molar-refractivity contribution in [2.24, 2.45) is 0 Å². The number of hydrogen-bond donors (Lipinski definition) is 2. The van der Waals surface area contributed by atoms with Crippen molar-refractivity contribution >= 4 is 29.7 Å². The molecule has 2 aliphatic rings. The Labute approximate surface area is 115 Å². The Morgan fingerprint density at radius 1 is 1.32 bits per heavy atom. The second-order valence-electron chi connectivity index (χ2n) is 4.48. The summed E-state index contributed by atoms with van der Waals surface area (Å²) in [6, 6.07) is -1.12. The van der Waals surface area contributed by atoms with Crippen molar-refractivity contribution in [2.75, 3.05) is 37.7 Å². The van der Waals surface area contributed by atoms with Crippen LogP contribution >= 0.6 is 11.8 Å². The summed E-state index contributed by atoms with van der Waals surface area (Å²) in [7, 11) is 0. The summed E-state index contributed by atoms with van der Waals surface area (Å²) in [5.41, 5.74) is 0. The van der Waals surface area contributed by atoms with Crippen molar-refractivity contribution in [2.45, 2.75) is 12.5 Å². The molecule has 0 spiro atoms. The van der Waals surface area contributed by atoms with Crippen LogP contribution in [-0.2, 0) is 9.59 Å². The lowest BCUT2D eigenvalue weighted by molar-refractivity contribution is -0.142. The fourth-order valence-corrected chi connectivity index (χ4v) is 3.15. The molecule has 2 heterocycles. The topological polar surface area (TPSA) is 89.9 Å². The summed E-state index contributed by atoms with van der Waals surface area (Å²) >= 11 is 1.79. The highest BCUT2D eigenvalue weighted by Gasteiger charge is 2.36. The van der Waals surface area contributed by atoms with Crippen LogP contribution in [0.25, 0.3) is 0 Å². The number of amides is 3. The van der Waals surface area contributed by atoms with E-state index in [-0.39, 0.29) is 18.4 Å². The van der Waals surface area contributed by atoms with Crippen LogP contribution in [0.5, 0.6) is 0 Å². The number of nitrogens with zero attached hydrogens (tertiary/aromatic N) is 2. The monoisotopic (exact) mass is 287 g/mol. The lowest BCUT2D eigenvalue weighted by Gasteiger charge is -2.38. The molecule has 0 aromatic rings. The van der Waals surface area contributed by atoms with Gasteiger partial charge in [-0.15, -0.1) is 0 Å². The van der Waals surface area contributed by atoms with E-state index in [1.54, 1.807) is 16.7 Å². The summed E-state index contributed by atoms with van der Waals surface area (Å²) < 4.78 is 0. The summed E-state index contributed by atoms with van der Waals surface area (Å²) in [5.74, 6) is 0.313. The second kappa shape index (κ2) is 6.14. The van der Waals surface area contributed by atoms with Gasteiger partial charge in [0.2, 0.25) is 5.91 Å². The molecule has 2 N–H and O–H groups in total. The summed E-state index contributed by atoms with van der Waals surface area (Å²) in [6.45, 7) is 2.05. The first-order valence-electron chi connectivity index (χ1n) is 6.22. The Morgan fingerprint density at radius 2 is 2.00 bits per heavy atom. The molecule has 2 aliphatic heterocycles. The van der Waals surface area contributed by atoms with E-state index in [9.17, 15) is 14.4 Å². The molecule has 2 fully saturated rings. The van der Waals surface area contributed by atoms with Gasteiger partial charge < -0.3 is 20.2 Å². The predicted octanol–water partition coefficient (Wildman–Crippen LogP) is -0.570. The highest BCUT2D eigenvalue weighted by molar-refractivity contribution is 7.99. The maximum absolute atomic E-state index is 12.4. The Kier molecular flexibility index (Phi) is 4.52. The molecule has 19 heavy (non-hydrogen) atoms. The van der Waals surface area contributed by atoms with Gasteiger partial charge in [-0.2, -0.15) is 11.8 Å². The van der Waals surface area contributed by atoms with E-state index in [0.29, 0.717) is 26.2 Å². The molecule has 0 radical (unpaired) electrons. The van der Waals surface area contributed by atoms with Crippen molar-refractivity contribution in [1.29, 1.82) is 0 Å². The number of aliphatic carboxylic acids is 1. The number of nitrogens with one attached hydrogen (secondary N) is 1. The number of hydrogen-bond acceptors (Lipinski definition) is 4. The van der Waals surface area contributed by atoms with Gasteiger partial charge in [0, 0.05) is 37.7 Å². The third-order valence-electron chi connectivity index (χ3n) is 3.23. The Hall–Kier alpha value is -1.44. The molecule has 0 aromatic carbocycles. The molecule has 0 aromatic heterocycles. The lowest BCUT2D eigenvalue weighted by Crippen LogP contribution is -2.61. The largest absolute Gasteiger partial charge is 0.481 e. The maximum atomic E-state index is 12.4.